The summed E-state index contributed by atoms with van der Waals surface area (Å²) >= 11 is 0. The fourth-order valence-electron chi connectivity index (χ4n) is 1.58. The average molecular weight is 228 g/mol. The molecular weight excluding hydrogens is 196 g/mol. The highest BCUT2D eigenvalue weighted by Gasteiger charge is 2.18. The van der Waals surface area contributed by atoms with Crippen LogP contribution in [0.1, 0.15) is 60.3 Å². The van der Waals surface area contributed by atoms with Crippen molar-refractivity contribution in [3.05, 3.63) is 0 Å². The second-order valence-corrected chi connectivity index (χ2v) is 6.06. The van der Waals surface area contributed by atoms with Crippen LogP contribution in [0.15, 0.2) is 0 Å². The van der Waals surface area contributed by atoms with Crippen LogP contribution >= 0.6 is 0 Å². The quantitative estimate of drug-likeness (QED) is 0.645. The Balaban J connectivity index is 3.92. The Bertz CT molecular complexity index is 178. The smallest absolute Gasteiger partial charge is 0.0571 e. The first-order valence-corrected chi connectivity index (χ1v) is 6.78. The summed E-state index contributed by atoms with van der Waals surface area (Å²) in [5, 5.41) is 0. The molecule has 0 rings (SSSR count). The molecule has 2 heteroatoms. The van der Waals surface area contributed by atoms with Gasteiger partial charge in [-0.05, 0) is 37.8 Å². The zero-order valence-corrected chi connectivity index (χ0v) is 12.2. The van der Waals surface area contributed by atoms with Crippen molar-refractivity contribution in [1.29, 1.82) is 0 Å². The van der Waals surface area contributed by atoms with Crippen molar-refractivity contribution in [3.8, 4) is 0 Å². The SMILES string of the molecule is CC[C@@H](C)CC(N)N(C)CCC(C)(C)CC. The maximum atomic E-state index is 6.19. The van der Waals surface area contributed by atoms with E-state index in [1.165, 1.54) is 19.3 Å². The number of hydrogen-bond acceptors (Lipinski definition) is 2. The zero-order chi connectivity index (χ0) is 12.8. The standard InChI is InChI=1S/C14H32N2/c1-7-12(3)11-13(15)16(6)10-9-14(4,5)8-2/h12-13H,7-11,15H2,1-6H3/t12-,13?/m1/s1. The van der Waals surface area contributed by atoms with Gasteiger partial charge in [0.1, 0.15) is 0 Å². The lowest BCUT2D eigenvalue weighted by atomic mass is 9.86. The number of hydrogen-bond donors (Lipinski definition) is 1. The molecule has 0 aliphatic carbocycles. The van der Waals surface area contributed by atoms with Gasteiger partial charge in [-0.15, -0.1) is 0 Å². The van der Waals surface area contributed by atoms with Crippen molar-refractivity contribution in [2.45, 2.75) is 66.5 Å². The third kappa shape index (κ3) is 6.49. The van der Waals surface area contributed by atoms with Crippen molar-refractivity contribution in [2.24, 2.45) is 17.1 Å². The number of nitrogens with two attached hydrogens (primary N) is 1. The normalized spacial score (nSPS) is 16.5. The summed E-state index contributed by atoms with van der Waals surface area (Å²) in [5.74, 6) is 0.733. The van der Waals surface area contributed by atoms with E-state index >= 15 is 0 Å². The highest BCUT2D eigenvalue weighted by atomic mass is 15.2. The summed E-state index contributed by atoms with van der Waals surface area (Å²) in [7, 11) is 2.15. The molecule has 16 heavy (non-hydrogen) atoms. The maximum Gasteiger partial charge on any atom is 0.0571 e. The van der Waals surface area contributed by atoms with Gasteiger partial charge >= 0.3 is 0 Å². The number of rotatable bonds is 8. The third-order valence-corrected chi connectivity index (χ3v) is 4.01. The van der Waals surface area contributed by atoms with Crippen LogP contribution in [-0.4, -0.2) is 24.7 Å². The van der Waals surface area contributed by atoms with E-state index in [4.69, 9.17) is 5.73 Å². The Hall–Kier alpha value is -0.0800. The fraction of sp³-hybridized carbons (Fsp3) is 1.00. The van der Waals surface area contributed by atoms with Gasteiger partial charge < -0.3 is 5.73 Å². The van der Waals surface area contributed by atoms with Crippen LogP contribution in [0.3, 0.4) is 0 Å². The Kier molecular flexibility index (Phi) is 7.25. The fourth-order valence-corrected chi connectivity index (χ4v) is 1.58. The van der Waals surface area contributed by atoms with E-state index in [1.54, 1.807) is 0 Å². The van der Waals surface area contributed by atoms with Crippen LogP contribution in [0, 0.1) is 11.3 Å². The van der Waals surface area contributed by atoms with Crippen LogP contribution in [0.2, 0.25) is 0 Å². The zero-order valence-electron chi connectivity index (χ0n) is 12.2. The van der Waals surface area contributed by atoms with Gasteiger partial charge in [-0.1, -0.05) is 47.5 Å². The molecule has 1 unspecified atom stereocenters. The molecule has 98 valence electrons. The first-order chi connectivity index (χ1) is 7.32. The van der Waals surface area contributed by atoms with Gasteiger partial charge in [0.05, 0.1) is 6.17 Å². The Labute approximate surface area is 103 Å². The molecule has 0 spiro atoms. The molecule has 0 aromatic heterocycles. The molecule has 0 amide bonds. The molecule has 0 fully saturated rings. The van der Waals surface area contributed by atoms with Crippen molar-refractivity contribution >= 4 is 0 Å². The molecule has 0 aliphatic heterocycles. The van der Waals surface area contributed by atoms with Crippen molar-refractivity contribution in [1.82, 2.24) is 4.90 Å². The van der Waals surface area contributed by atoms with Gasteiger partial charge in [0, 0.05) is 0 Å². The second kappa shape index (κ2) is 7.29. The molecule has 0 aliphatic rings. The lowest BCUT2D eigenvalue weighted by molar-refractivity contribution is 0.177. The van der Waals surface area contributed by atoms with E-state index in [-0.39, 0.29) is 6.17 Å². The molecule has 0 saturated heterocycles. The molecule has 0 radical (unpaired) electrons. The van der Waals surface area contributed by atoms with Gasteiger partial charge in [-0.25, -0.2) is 0 Å². The molecule has 0 aromatic rings. The summed E-state index contributed by atoms with van der Waals surface area (Å²) in [4.78, 5) is 2.31. The minimum atomic E-state index is 0.225. The molecular formula is C14H32N2. The van der Waals surface area contributed by atoms with Gasteiger partial charge in [0.15, 0.2) is 0 Å². The molecule has 2 atom stereocenters. The van der Waals surface area contributed by atoms with Crippen molar-refractivity contribution in [3.63, 3.8) is 0 Å². The van der Waals surface area contributed by atoms with Gasteiger partial charge in [-0.3, -0.25) is 4.90 Å². The van der Waals surface area contributed by atoms with Crippen molar-refractivity contribution in [2.75, 3.05) is 13.6 Å². The molecule has 2 N–H and O–H groups in total. The molecule has 0 saturated carbocycles. The topological polar surface area (TPSA) is 29.3 Å². The Morgan fingerprint density at radius 3 is 2.25 bits per heavy atom. The molecule has 0 aromatic carbocycles. The van der Waals surface area contributed by atoms with E-state index in [0.717, 1.165) is 18.9 Å². The Morgan fingerprint density at radius 1 is 1.25 bits per heavy atom. The van der Waals surface area contributed by atoms with Crippen LogP contribution in [0.4, 0.5) is 0 Å². The predicted octanol–water partition coefficient (Wildman–Crippen LogP) is 3.47. The van der Waals surface area contributed by atoms with Crippen LogP contribution in [0.25, 0.3) is 0 Å². The minimum absolute atomic E-state index is 0.225. The van der Waals surface area contributed by atoms with Crippen LogP contribution in [-0.2, 0) is 0 Å². The van der Waals surface area contributed by atoms with E-state index in [9.17, 15) is 0 Å². The second-order valence-electron chi connectivity index (χ2n) is 6.06. The van der Waals surface area contributed by atoms with E-state index in [2.05, 4.69) is 46.6 Å². The monoisotopic (exact) mass is 228 g/mol. The molecule has 2 nitrogen and oxygen atoms in total. The van der Waals surface area contributed by atoms with Crippen LogP contribution in [0.5, 0.6) is 0 Å². The average Bonchev–Trinajstić information content (AvgIpc) is 2.25. The summed E-state index contributed by atoms with van der Waals surface area (Å²) in [5.41, 5.74) is 6.64. The van der Waals surface area contributed by atoms with E-state index < -0.39 is 0 Å². The summed E-state index contributed by atoms with van der Waals surface area (Å²) in [6, 6.07) is 0. The van der Waals surface area contributed by atoms with E-state index in [0.29, 0.717) is 5.41 Å². The maximum absolute atomic E-state index is 6.19. The first kappa shape index (κ1) is 15.9. The highest BCUT2D eigenvalue weighted by molar-refractivity contribution is 4.71. The third-order valence-electron chi connectivity index (χ3n) is 4.01. The first-order valence-electron chi connectivity index (χ1n) is 6.78. The molecule has 0 heterocycles. The van der Waals surface area contributed by atoms with Crippen molar-refractivity contribution < 1.29 is 0 Å². The highest BCUT2D eigenvalue weighted by Crippen LogP contribution is 2.24. The summed E-state index contributed by atoms with van der Waals surface area (Å²) < 4.78 is 0. The predicted molar refractivity (Wildman–Crippen MR) is 73.4 cm³/mol. The van der Waals surface area contributed by atoms with Crippen LogP contribution < -0.4 is 5.73 Å². The summed E-state index contributed by atoms with van der Waals surface area (Å²) in [6.07, 6.45) is 5.03. The molecule has 0 bridgehead atoms. The van der Waals surface area contributed by atoms with Gasteiger partial charge in [0.2, 0.25) is 0 Å². The van der Waals surface area contributed by atoms with E-state index in [1.807, 2.05) is 0 Å². The lowest BCUT2D eigenvalue weighted by Gasteiger charge is -2.30. The van der Waals surface area contributed by atoms with Gasteiger partial charge in [-0.2, -0.15) is 0 Å². The minimum Gasteiger partial charge on any atom is -0.316 e. The number of nitrogens with zero attached hydrogens (tertiary/aromatic N) is 1. The largest absolute Gasteiger partial charge is 0.316 e. The Morgan fingerprint density at radius 2 is 1.81 bits per heavy atom. The summed E-state index contributed by atoms with van der Waals surface area (Å²) in [6.45, 7) is 12.6. The van der Waals surface area contributed by atoms with Gasteiger partial charge in [0.25, 0.3) is 0 Å². The lowest BCUT2D eigenvalue weighted by Crippen LogP contribution is -2.41.